The second-order valence-electron chi connectivity index (χ2n) is 7.22. The van der Waals surface area contributed by atoms with E-state index in [4.69, 9.17) is 4.42 Å². The van der Waals surface area contributed by atoms with E-state index in [9.17, 15) is 19.7 Å². The van der Waals surface area contributed by atoms with E-state index < -0.39 is 4.92 Å². The van der Waals surface area contributed by atoms with Gasteiger partial charge in [0.25, 0.3) is 16.8 Å². The largest absolute Gasteiger partial charge is 0.457 e. The standard InChI is InChI=1S/C23H18N2O5S/c1-14-4-3-5-16(10-14)13-24-22(26)21(31-23(24)27)12-18-7-9-20(30-18)17-6-8-19(25(28)29)15(2)11-17/h3-12H,13H2,1-2H3/b21-12-. The predicted octanol–water partition coefficient (Wildman–Crippen LogP) is 5.71. The normalized spacial score (nSPS) is 15.2. The van der Waals surface area contributed by atoms with Crippen molar-refractivity contribution in [3.8, 4) is 11.3 Å². The Hall–Kier alpha value is -3.65. The smallest absolute Gasteiger partial charge is 0.293 e. The fourth-order valence-electron chi connectivity index (χ4n) is 3.36. The molecule has 0 radical (unpaired) electrons. The molecule has 1 fully saturated rings. The molecule has 2 aromatic carbocycles. The number of nitro groups is 1. The van der Waals surface area contributed by atoms with Crippen molar-refractivity contribution in [3.05, 3.63) is 92.1 Å². The second kappa shape index (κ2) is 8.23. The van der Waals surface area contributed by atoms with E-state index in [0.29, 0.717) is 27.6 Å². The number of imide groups is 1. The maximum absolute atomic E-state index is 12.7. The lowest BCUT2D eigenvalue weighted by Crippen LogP contribution is -2.27. The Morgan fingerprint density at radius 1 is 1.10 bits per heavy atom. The molecule has 1 aromatic heterocycles. The van der Waals surface area contributed by atoms with Gasteiger partial charge in [0.2, 0.25) is 0 Å². The van der Waals surface area contributed by atoms with Gasteiger partial charge < -0.3 is 4.42 Å². The number of benzene rings is 2. The monoisotopic (exact) mass is 434 g/mol. The first-order valence-electron chi connectivity index (χ1n) is 9.48. The molecule has 4 rings (SSSR count). The zero-order valence-corrected chi connectivity index (χ0v) is 17.6. The number of thioether (sulfide) groups is 1. The summed E-state index contributed by atoms with van der Waals surface area (Å²) < 4.78 is 5.80. The lowest BCUT2D eigenvalue weighted by Gasteiger charge is -2.12. The molecule has 0 bridgehead atoms. The zero-order valence-electron chi connectivity index (χ0n) is 16.8. The number of hydrogen-bond donors (Lipinski definition) is 0. The van der Waals surface area contributed by atoms with Crippen molar-refractivity contribution < 1.29 is 18.9 Å². The average Bonchev–Trinajstić information content (AvgIpc) is 3.28. The number of amides is 2. The third-order valence-electron chi connectivity index (χ3n) is 4.87. The Balaban J connectivity index is 1.54. The van der Waals surface area contributed by atoms with E-state index >= 15 is 0 Å². The van der Waals surface area contributed by atoms with Gasteiger partial charge >= 0.3 is 0 Å². The summed E-state index contributed by atoms with van der Waals surface area (Å²) in [6.07, 6.45) is 1.54. The van der Waals surface area contributed by atoms with Crippen LogP contribution < -0.4 is 0 Å². The number of aryl methyl sites for hydroxylation is 2. The molecule has 3 aromatic rings. The maximum Gasteiger partial charge on any atom is 0.293 e. The third kappa shape index (κ3) is 4.29. The highest BCUT2D eigenvalue weighted by Gasteiger charge is 2.35. The van der Waals surface area contributed by atoms with Gasteiger partial charge in [-0.25, -0.2) is 0 Å². The lowest BCUT2D eigenvalue weighted by molar-refractivity contribution is -0.385. The van der Waals surface area contributed by atoms with Gasteiger partial charge in [-0.05, 0) is 55.4 Å². The van der Waals surface area contributed by atoms with Crippen LogP contribution in [0.3, 0.4) is 0 Å². The van der Waals surface area contributed by atoms with Crippen molar-refractivity contribution in [1.82, 2.24) is 4.90 Å². The molecule has 31 heavy (non-hydrogen) atoms. The predicted molar refractivity (Wildman–Crippen MR) is 118 cm³/mol. The number of furan rings is 1. The summed E-state index contributed by atoms with van der Waals surface area (Å²) in [5.74, 6) is 0.580. The van der Waals surface area contributed by atoms with Crippen molar-refractivity contribution in [1.29, 1.82) is 0 Å². The van der Waals surface area contributed by atoms with Crippen molar-refractivity contribution in [2.24, 2.45) is 0 Å². The molecule has 0 unspecified atom stereocenters. The minimum absolute atomic E-state index is 0.0396. The van der Waals surface area contributed by atoms with Gasteiger partial charge in [-0.1, -0.05) is 29.8 Å². The summed E-state index contributed by atoms with van der Waals surface area (Å²) in [5, 5.41) is 10.7. The molecular formula is C23H18N2O5S. The second-order valence-corrected chi connectivity index (χ2v) is 8.21. The van der Waals surface area contributed by atoms with E-state index in [0.717, 1.165) is 22.9 Å². The molecule has 0 saturated carbocycles. The van der Waals surface area contributed by atoms with E-state index in [-0.39, 0.29) is 23.4 Å². The van der Waals surface area contributed by atoms with Gasteiger partial charge in [0, 0.05) is 23.3 Å². The number of hydrogen-bond acceptors (Lipinski definition) is 6. The van der Waals surface area contributed by atoms with Crippen molar-refractivity contribution in [3.63, 3.8) is 0 Å². The van der Waals surface area contributed by atoms with Crippen LogP contribution in [-0.4, -0.2) is 21.0 Å². The summed E-state index contributed by atoms with van der Waals surface area (Å²) >= 11 is 0.876. The Morgan fingerprint density at radius 3 is 2.61 bits per heavy atom. The summed E-state index contributed by atoms with van der Waals surface area (Å²) in [4.78, 5) is 37.2. The van der Waals surface area contributed by atoms with Gasteiger partial charge in [0.15, 0.2) is 0 Å². The number of carbonyl (C=O) groups is 2. The first-order valence-corrected chi connectivity index (χ1v) is 10.3. The van der Waals surface area contributed by atoms with Crippen LogP contribution in [0.5, 0.6) is 0 Å². The molecule has 1 saturated heterocycles. The molecule has 0 N–H and O–H groups in total. The average molecular weight is 434 g/mol. The number of carbonyl (C=O) groups excluding carboxylic acids is 2. The van der Waals surface area contributed by atoms with E-state index in [1.807, 2.05) is 31.2 Å². The highest BCUT2D eigenvalue weighted by Crippen LogP contribution is 2.34. The van der Waals surface area contributed by atoms with Gasteiger partial charge in [-0.15, -0.1) is 0 Å². The Kier molecular flexibility index (Phi) is 5.48. The third-order valence-corrected chi connectivity index (χ3v) is 5.78. The lowest BCUT2D eigenvalue weighted by atomic mass is 10.1. The molecule has 0 spiro atoms. The first kappa shape index (κ1) is 20.6. The molecule has 0 aliphatic carbocycles. The van der Waals surface area contributed by atoms with Gasteiger partial charge in [0.05, 0.1) is 16.4 Å². The number of rotatable bonds is 5. The van der Waals surface area contributed by atoms with Gasteiger partial charge in [0.1, 0.15) is 11.5 Å². The van der Waals surface area contributed by atoms with Crippen LogP contribution in [0, 0.1) is 24.0 Å². The Morgan fingerprint density at radius 2 is 1.90 bits per heavy atom. The molecule has 156 valence electrons. The summed E-state index contributed by atoms with van der Waals surface area (Å²) in [6, 6.07) is 15.8. The van der Waals surface area contributed by atoms with Crippen molar-refractivity contribution in [2.75, 3.05) is 0 Å². The zero-order chi connectivity index (χ0) is 22.1. The molecule has 7 nitrogen and oxygen atoms in total. The van der Waals surface area contributed by atoms with Crippen LogP contribution in [0.4, 0.5) is 10.5 Å². The van der Waals surface area contributed by atoms with E-state index in [1.54, 1.807) is 37.3 Å². The maximum atomic E-state index is 12.7. The number of nitro benzene ring substituents is 1. The molecule has 8 heteroatoms. The van der Waals surface area contributed by atoms with Crippen LogP contribution in [0.25, 0.3) is 17.4 Å². The van der Waals surface area contributed by atoms with Crippen LogP contribution in [0.1, 0.15) is 22.5 Å². The van der Waals surface area contributed by atoms with Gasteiger partial charge in [-0.2, -0.15) is 0 Å². The van der Waals surface area contributed by atoms with E-state index in [2.05, 4.69) is 0 Å². The number of nitrogens with zero attached hydrogens (tertiary/aromatic N) is 2. The quantitative estimate of drug-likeness (QED) is 0.290. The molecule has 1 aliphatic heterocycles. The van der Waals surface area contributed by atoms with Crippen LogP contribution in [0.15, 0.2) is 63.9 Å². The topological polar surface area (TPSA) is 93.7 Å². The summed E-state index contributed by atoms with van der Waals surface area (Å²) in [5.41, 5.74) is 3.20. The van der Waals surface area contributed by atoms with Gasteiger partial charge in [-0.3, -0.25) is 24.6 Å². The SMILES string of the molecule is Cc1cccc(CN2C(=O)S/C(=C\c3ccc(-c4ccc([N+](=O)[O-])c(C)c4)o3)C2=O)c1. The summed E-state index contributed by atoms with van der Waals surface area (Å²) in [7, 11) is 0. The Bertz CT molecular complexity index is 1240. The highest BCUT2D eigenvalue weighted by molar-refractivity contribution is 8.18. The molecular weight excluding hydrogens is 416 g/mol. The van der Waals surface area contributed by atoms with Crippen molar-refractivity contribution in [2.45, 2.75) is 20.4 Å². The molecule has 2 amide bonds. The molecule has 0 atom stereocenters. The minimum Gasteiger partial charge on any atom is -0.457 e. The highest BCUT2D eigenvalue weighted by atomic mass is 32.2. The fraction of sp³-hybridized carbons (Fsp3) is 0.130. The van der Waals surface area contributed by atoms with Crippen molar-refractivity contribution >= 4 is 34.7 Å². The molecule has 1 aliphatic rings. The first-order chi connectivity index (χ1) is 14.8. The van der Waals surface area contributed by atoms with Crippen LogP contribution in [-0.2, 0) is 11.3 Å². The van der Waals surface area contributed by atoms with Crippen LogP contribution in [0.2, 0.25) is 0 Å². The minimum atomic E-state index is -0.431. The van der Waals surface area contributed by atoms with E-state index in [1.165, 1.54) is 11.0 Å². The summed E-state index contributed by atoms with van der Waals surface area (Å²) in [6.45, 7) is 3.84. The fourth-order valence-corrected chi connectivity index (χ4v) is 4.18. The Labute approximate surface area is 182 Å². The molecule has 2 heterocycles. The van der Waals surface area contributed by atoms with Crippen LogP contribution >= 0.6 is 11.8 Å².